The van der Waals surface area contributed by atoms with Crippen LogP contribution in [0.2, 0.25) is 0 Å². The second-order valence-corrected chi connectivity index (χ2v) is 18.2. The maximum Gasteiger partial charge on any atom is 0.408 e. The first-order valence-electron chi connectivity index (χ1n) is 19.0. The number of rotatable bonds is 11. The summed E-state index contributed by atoms with van der Waals surface area (Å²) in [5, 5.41) is 2.62. The van der Waals surface area contributed by atoms with E-state index < -0.39 is 47.2 Å². The van der Waals surface area contributed by atoms with E-state index in [4.69, 9.17) is 29.4 Å². The molecular formula is C40H57N5O9. The Hall–Kier alpha value is -4.17. The first kappa shape index (κ1) is 39.5. The number of carbonyl (C=O) groups excluding carboxylic acids is 4. The number of carbonyl (C=O) groups is 4. The fourth-order valence-electron chi connectivity index (χ4n) is 8.57. The number of imidazole rings is 1. The van der Waals surface area contributed by atoms with Gasteiger partial charge in [0.05, 0.1) is 36.8 Å². The van der Waals surface area contributed by atoms with Gasteiger partial charge in [0.2, 0.25) is 5.91 Å². The first-order chi connectivity index (χ1) is 25.0. The number of nitrogens with two attached hydrogens (primary N) is 1. The Labute approximate surface area is 317 Å². The molecule has 0 spiro atoms. The van der Waals surface area contributed by atoms with Gasteiger partial charge in [0.1, 0.15) is 35.2 Å². The van der Waals surface area contributed by atoms with Gasteiger partial charge in [-0.05, 0) is 109 Å². The molecule has 5 aliphatic rings. The number of likely N-dealkylation sites (tertiary alicyclic amines) is 1. The summed E-state index contributed by atoms with van der Waals surface area (Å²) in [4.78, 5) is 57.5. The van der Waals surface area contributed by atoms with E-state index in [1.807, 2.05) is 33.8 Å². The van der Waals surface area contributed by atoms with Gasteiger partial charge in [-0.1, -0.05) is 19.9 Å². The van der Waals surface area contributed by atoms with Crippen molar-refractivity contribution in [3.05, 3.63) is 47.0 Å². The van der Waals surface area contributed by atoms with Crippen LogP contribution in [0.4, 0.5) is 4.79 Å². The third-order valence-corrected chi connectivity index (χ3v) is 11.4. The van der Waals surface area contributed by atoms with Crippen molar-refractivity contribution in [3.8, 4) is 5.75 Å². The van der Waals surface area contributed by atoms with Gasteiger partial charge < -0.3 is 44.2 Å². The van der Waals surface area contributed by atoms with Crippen molar-refractivity contribution in [1.29, 1.82) is 0 Å². The van der Waals surface area contributed by atoms with Gasteiger partial charge in [0.15, 0.2) is 12.3 Å². The second kappa shape index (κ2) is 14.2. The van der Waals surface area contributed by atoms with Crippen molar-refractivity contribution in [2.45, 2.75) is 143 Å². The fourth-order valence-corrected chi connectivity index (χ4v) is 8.57. The maximum absolute atomic E-state index is 13.8. The zero-order chi connectivity index (χ0) is 39.5. The lowest BCUT2D eigenvalue weighted by molar-refractivity contribution is -0.209. The molecule has 14 heteroatoms. The molecule has 3 N–H and O–H groups in total. The molecule has 3 saturated carbocycles. The van der Waals surface area contributed by atoms with Crippen molar-refractivity contribution < 1.29 is 42.9 Å². The third-order valence-electron chi connectivity index (χ3n) is 11.4. The van der Waals surface area contributed by atoms with E-state index in [9.17, 15) is 19.2 Å². The van der Waals surface area contributed by atoms with Crippen molar-refractivity contribution in [1.82, 2.24) is 19.8 Å². The summed E-state index contributed by atoms with van der Waals surface area (Å²) in [7, 11) is 0. The number of esters is 1. The van der Waals surface area contributed by atoms with Crippen LogP contribution in [0.5, 0.6) is 5.75 Å². The average molecular weight is 752 g/mol. The molecule has 7 rings (SSSR count). The van der Waals surface area contributed by atoms with Crippen molar-refractivity contribution in [3.63, 3.8) is 0 Å². The second-order valence-electron chi connectivity index (χ2n) is 18.2. The molecule has 0 radical (unpaired) electrons. The van der Waals surface area contributed by atoms with Crippen LogP contribution in [0, 0.1) is 24.2 Å². The number of alkyl carbamates (subject to hydrolysis) is 1. The van der Waals surface area contributed by atoms with E-state index in [-0.39, 0.29) is 48.7 Å². The summed E-state index contributed by atoms with van der Waals surface area (Å²) < 4.78 is 32.2. The number of ether oxygens (including phenoxy) is 5. The first-order valence-corrected chi connectivity index (χ1v) is 19.0. The zero-order valence-corrected chi connectivity index (χ0v) is 33.3. The Morgan fingerprint density at radius 1 is 1.04 bits per heavy atom. The Bertz CT molecular complexity index is 1790. The van der Waals surface area contributed by atoms with Crippen molar-refractivity contribution in [2.24, 2.45) is 23.0 Å². The summed E-state index contributed by atoms with van der Waals surface area (Å²) in [6.07, 6.45) is 4.91. The van der Waals surface area contributed by atoms with Gasteiger partial charge in [0.25, 0.3) is 5.91 Å². The minimum Gasteiger partial charge on any atom is -0.486 e. The number of benzene rings is 1. The molecular weight excluding hydrogens is 694 g/mol. The molecule has 1 aromatic carbocycles. The van der Waals surface area contributed by atoms with Gasteiger partial charge in [0, 0.05) is 12.6 Å². The molecule has 6 atom stereocenters. The summed E-state index contributed by atoms with van der Waals surface area (Å²) in [5.41, 5.74) is 6.06. The third kappa shape index (κ3) is 8.10. The highest BCUT2D eigenvalue weighted by atomic mass is 16.7. The Balaban J connectivity index is 1.14. The molecule has 3 amide bonds. The molecule has 2 aromatic rings. The number of hydrogen-bond acceptors (Lipinski definition) is 10. The summed E-state index contributed by atoms with van der Waals surface area (Å²) >= 11 is 0. The largest absolute Gasteiger partial charge is 0.486 e. The quantitative estimate of drug-likeness (QED) is 0.298. The van der Waals surface area contributed by atoms with Crippen molar-refractivity contribution >= 4 is 23.9 Å². The average Bonchev–Trinajstić information content (AvgIpc) is 3.61. The van der Waals surface area contributed by atoms with Crippen LogP contribution in [0.25, 0.3) is 0 Å². The highest BCUT2D eigenvalue weighted by molar-refractivity contribution is 5.95. The molecule has 2 saturated heterocycles. The maximum atomic E-state index is 13.8. The van der Waals surface area contributed by atoms with Crippen LogP contribution in [0.3, 0.4) is 0 Å². The topological polar surface area (TPSA) is 174 Å². The van der Waals surface area contributed by atoms with Crippen LogP contribution in [-0.4, -0.2) is 86.7 Å². The molecule has 1 aromatic heterocycles. The SMILES string of the molecule is Cc1c(CCC2O[C@@H]3C[C@@H]4C[C@@H](C4(C)C)[C@]3(C)O2)ccc(OC2CN(C(=O)C(NC(=O)OC(C)(C)C)c3cn(CC(N)=O)cn3)C2)c1C(=O)OC(C)(C)C. The Morgan fingerprint density at radius 3 is 2.35 bits per heavy atom. The Morgan fingerprint density at radius 2 is 1.72 bits per heavy atom. The number of aryl methyl sites for hydroxylation is 1. The molecule has 54 heavy (non-hydrogen) atoms. The summed E-state index contributed by atoms with van der Waals surface area (Å²) in [6, 6.07) is 2.57. The van der Waals surface area contributed by atoms with E-state index in [0.717, 1.165) is 17.5 Å². The van der Waals surface area contributed by atoms with Gasteiger partial charge in [-0.3, -0.25) is 9.59 Å². The number of amides is 3. The number of nitrogens with zero attached hydrogens (tertiary/aromatic N) is 3. The fraction of sp³-hybridized carbons (Fsp3) is 0.675. The molecule has 2 unspecified atom stereocenters. The lowest BCUT2D eigenvalue weighted by atomic mass is 9.43. The molecule has 2 bridgehead atoms. The monoisotopic (exact) mass is 751 g/mol. The summed E-state index contributed by atoms with van der Waals surface area (Å²) in [5.74, 6) is 0.00548. The normalized spacial score (nSPS) is 26.5. The number of primary amides is 1. The highest BCUT2D eigenvalue weighted by Crippen LogP contribution is 2.66. The highest BCUT2D eigenvalue weighted by Gasteiger charge is 2.67. The van der Waals surface area contributed by atoms with Gasteiger partial charge in [-0.25, -0.2) is 14.6 Å². The number of hydrogen-bond donors (Lipinski definition) is 2. The van der Waals surface area contributed by atoms with E-state index in [1.165, 1.54) is 28.4 Å². The van der Waals surface area contributed by atoms with Crippen LogP contribution < -0.4 is 15.8 Å². The predicted octanol–water partition coefficient (Wildman–Crippen LogP) is 4.99. The van der Waals surface area contributed by atoms with Crippen LogP contribution in [0.15, 0.2) is 24.7 Å². The molecule has 296 valence electrons. The van der Waals surface area contributed by atoms with Crippen LogP contribution in [0.1, 0.15) is 115 Å². The Kier molecular flexibility index (Phi) is 10.4. The van der Waals surface area contributed by atoms with Gasteiger partial charge in [-0.2, -0.15) is 0 Å². The van der Waals surface area contributed by atoms with Crippen LogP contribution in [-0.2, 0) is 41.5 Å². The zero-order valence-electron chi connectivity index (χ0n) is 33.3. The smallest absolute Gasteiger partial charge is 0.408 e. The van der Waals surface area contributed by atoms with E-state index >= 15 is 0 Å². The van der Waals surface area contributed by atoms with E-state index in [0.29, 0.717) is 36.0 Å². The predicted molar refractivity (Wildman–Crippen MR) is 197 cm³/mol. The molecule has 3 heterocycles. The number of aromatic nitrogens is 2. The van der Waals surface area contributed by atoms with E-state index in [2.05, 4.69) is 31.1 Å². The lowest BCUT2D eigenvalue weighted by Crippen LogP contribution is -2.65. The standard InChI is InChI=1S/C40H57N5O9/c1-22-23(12-14-31-51-29-16-24-15-28(39(24,8)9)40(29,10)52-31)11-13-27(32(22)35(48)53-37(2,3)4)50-25-17-45(18-25)34(47)33(43-36(49)54-38(5,6)7)26-19-44(21-42-26)20-30(41)46/h11,13,19,21,24-25,28-29,31,33H,12,14-18,20H2,1-10H3,(H2,41,46)(H,43,49)/t24-,28-,29+,31?,33?,40-/m0/s1. The van der Waals surface area contributed by atoms with Gasteiger partial charge >= 0.3 is 12.1 Å². The summed E-state index contributed by atoms with van der Waals surface area (Å²) in [6.45, 7) is 19.7. The molecule has 2 aliphatic heterocycles. The lowest BCUT2D eigenvalue weighted by Gasteiger charge is -2.63. The van der Waals surface area contributed by atoms with E-state index in [1.54, 1.807) is 26.8 Å². The molecule has 14 nitrogen and oxygen atoms in total. The minimum atomic E-state index is -1.19. The van der Waals surface area contributed by atoms with Crippen molar-refractivity contribution in [2.75, 3.05) is 13.1 Å². The number of nitrogens with one attached hydrogen (secondary N) is 1. The molecule has 5 fully saturated rings. The van der Waals surface area contributed by atoms with Gasteiger partial charge in [-0.15, -0.1) is 0 Å². The molecule has 3 aliphatic carbocycles. The minimum absolute atomic E-state index is 0.102. The van der Waals surface area contributed by atoms with Crippen LogP contribution >= 0.6 is 0 Å².